The van der Waals surface area contributed by atoms with Crippen molar-refractivity contribution in [1.29, 1.82) is 0 Å². The van der Waals surface area contributed by atoms with Crippen molar-refractivity contribution in [2.24, 2.45) is 0 Å². The molecule has 0 unspecified atom stereocenters. The number of ether oxygens (including phenoxy) is 1. The van der Waals surface area contributed by atoms with E-state index < -0.39 is 0 Å². The van der Waals surface area contributed by atoms with Crippen LogP contribution in [0.15, 0.2) is 48.7 Å². The lowest BCUT2D eigenvalue weighted by Crippen LogP contribution is -2.46. The third kappa shape index (κ3) is 4.10. The fourth-order valence-corrected chi connectivity index (χ4v) is 3.38. The van der Waals surface area contributed by atoms with Crippen LogP contribution in [0.4, 0.5) is 5.82 Å². The lowest BCUT2D eigenvalue weighted by atomic mass is 10.0. The first-order valence-electron chi connectivity index (χ1n) is 8.72. The zero-order valence-corrected chi connectivity index (χ0v) is 14.9. The van der Waals surface area contributed by atoms with Gasteiger partial charge >= 0.3 is 0 Å². The first-order valence-corrected chi connectivity index (χ1v) is 8.72. The van der Waals surface area contributed by atoms with E-state index in [9.17, 15) is 4.79 Å². The smallest absolute Gasteiger partial charge is 0.227 e. The van der Waals surface area contributed by atoms with Gasteiger partial charge in [-0.3, -0.25) is 4.79 Å². The zero-order chi connectivity index (χ0) is 17.6. The summed E-state index contributed by atoms with van der Waals surface area (Å²) in [4.78, 5) is 21.2. The standard InChI is InChI=1S/C20H25N3O2/c1-22(19-9-5-6-12-21-19)17-10-13-23(14-11-17)20(24)15-16-7-3-4-8-18(16)25-2/h3-9,12,17H,10-11,13-15H2,1-2H3. The Morgan fingerprint density at radius 1 is 1.20 bits per heavy atom. The summed E-state index contributed by atoms with van der Waals surface area (Å²) in [5.41, 5.74) is 0.947. The molecule has 5 nitrogen and oxygen atoms in total. The van der Waals surface area contributed by atoms with Crippen LogP contribution in [0, 0.1) is 0 Å². The van der Waals surface area contributed by atoms with Crippen LogP contribution in [0.3, 0.4) is 0 Å². The number of pyridine rings is 1. The number of carbonyl (C=O) groups excluding carboxylic acids is 1. The number of nitrogens with zero attached hydrogens (tertiary/aromatic N) is 3. The van der Waals surface area contributed by atoms with Crippen LogP contribution in [0.1, 0.15) is 18.4 Å². The summed E-state index contributed by atoms with van der Waals surface area (Å²) in [5, 5.41) is 0. The van der Waals surface area contributed by atoms with Crippen molar-refractivity contribution < 1.29 is 9.53 Å². The van der Waals surface area contributed by atoms with Gasteiger partial charge in [-0.2, -0.15) is 0 Å². The molecule has 132 valence electrons. The molecule has 1 aromatic carbocycles. The van der Waals surface area contributed by atoms with Gasteiger partial charge in [0.2, 0.25) is 5.91 Å². The minimum absolute atomic E-state index is 0.170. The molecular formula is C20H25N3O2. The van der Waals surface area contributed by atoms with Crippen LogP contribution in [0.2, 0.25) is 0 Å². The van der Waals surface area contributed by atoms with Crippen LogP contribution in [-0.4, -0.2) is 49.1 Å². The highest BCUT2D eigenvalue weighted by Gasteiger charge is 2.26. The van der Waals surface area contributed by atoms with Gasteiger partial charge in [0.1, 0.15) is 11.6 Å². The highest BCUT2D eigenvalue weighted by Crippen LogP contribution is 2.22. The highest BCUT2D eigenvalue weighted by molar-refractivity contribution is 5.79. The van der Waals surface area contributed by atoms with E-state index in [1.165, 1.54) is 0 Å². The Bertz CT molecular complexity index is 697. The van der Waals surface area contributed by atoms with Gasteiger partial charge in [-0.1, -0.05) is 24.3 Å². The molecule has 1 aromatic heterocycles. The summed E-state index contributed by atoms with van der Waals surface area (Å²) in [5.74, 6) is 1.94. The van der Waals surface area contributed by atoms with Crippen LogP contribution in [-0.2, 0) is 11.2 Å². The molecule has 0 aliphatic carbocycles. The van der Waals surface area contributed by atoms with E-state index in [1.54, 1.807) is 7.11 Å². The number of piperidine rings is 1. The average Bonchev–Trinajstić information content (AvgIpc) is 2.68. The molecule has 1 amide bonds. The fourth-order valence-electron chi connectivity index (χ4n) is 3.38. The number of carbonyl (C=O) groups is 1. The van der Waals surface area contributed by atoms with E-state index in [4.69, 9.17) is 4.74 Å². The van der Waals surface area contributed by atoms with E-state index in [-0.39, 0.29) is 5.91 Å². The molecule has 2 heterocycles. The lowest BCUT2D eigenvalue weighted by molar-refractivity contribution is -0.131. The Balaban J connectivity index is 1.56. The molecule has 0 bridgehead atoms. The maximum atomic E-state index is 12.6. The molecule has 1 saturated heterocycles. The van der Waals surface area contributed by atoms with Crippen molar-refractivity contribution >= 4 is 11.7 Å². The molecule has 0 N–H and O–H groups in total. The minimum atomic E-state index is 0.170. The summed E-state index contributed by atoms with van der Waals surface area (Å²) in [7, 11) is 3.72. The summed E-state index contributed by atoms with van der Waals surface area (Å²) in [6, 6.07) is 14.1. The third-order valence-electron chi connectivity index (χ3n) is 4.91. The second kappa shape index (κ2) is 8.01. The lowest BCUT2D eigenvalue weighted by Gasteiger charge is -2.37. The number of likely N-dealkylation sites (tertiary alicyclic amines) is 1. The maximum Gasteiger partial charge on any atom is 0.227 e. The van der Waals surface area contributed by atoms with Crippen molar-refractivity contribution in [3.63, 3.8) is 0 Å². The zero-order valence-electron chi connectivity index (χ0n) is 14.9. The number of anilines is 1. The van der Waals surface area contributed by atoms with E-state index in [0.717, 1.165) is 43.1 Å². The predicted octanol–water partition coefficient (Wildman–Crippen LogP) is 2.76. The van der Waals surface area contributed by atoms with E-state index in [0.29, 0.717) is 12.5 Å². The highest BCUT2D eigenvalue weighted by atomic mass is 16.5. The average molecular weight is 339 g/mol. The Labute approximate surface area is 149 Å². The summed E-state index contributed by atoms with van der Waals surface area (Å²) in [6.07, 6.45) is 4.14. The van der Waals surface area contributed by atoms with E-state index >= 15 is 0 Å². The minimum Gasteiger partial charge on any atom is -0.496 e. The third-order valence-corrected chi connectivity index (χ3v) is 4.91. The Hall–Kier alpha value is -2.56. The second-order valence-corrected chi connectivity index (χ2v) is 6.40. The first-order chi connectivity index (χ1) is 12.2. The number of hydrogen-bond donors (Lipinski definition) is 0. The summed E-state index contributed by atoms with van der Waals surface area (Å²) >= 11 is 0. The van der Waals surface area contributed by atoms with Crippen LogP contribution < -0.4 is 9.64 Å². The molecule has 25 heavy (non-hydrogen) atoms. The van der Waals surface area contributed by atoms with Crippen molar-refractivity contribution in [2.75, 3.05) is 32.1 Å². The van der Waals surface area contributed by atoms with Gasteiger partial charge in [0.15, 0.2) is 0 Å². The number of para-hydroxylation sites is 1. The predicted molar refractivity (Wildman–Crippen MR) is 98.9 cm³/mol. The van der Waals surface area contributed by atoms with E-state index in [1.807, 2.05) is 53.6 Å². The van der Waals surface area contributed by atoms with Gasteiger partial charge in [-0.25, -0.2) is 4.98 Å². The fraction of sp³-hybridized carbons (Fsp3) is 0.400. The molecule has 0 spiro atoms. The van der Waals surface area contributed by atoms with Gasteiger partial charge in [0.25, 0.3) is 0 Å². The van der Waals surface area contributed by atoms with Crippen LogP contribution in [0.25, 0.3) is 0 Å². The van der Waals surface area contributed by atoms with Gasteiger partial charge < -0.3 is 14.5 Å². The molecule has 1 fully saturated rings. The second-order valence-electron chi connectivity index (χ2n) is 6.40. The Kier molecular flexibility index (Phi) is 5.53. The normalized spacial score (nSPS) is 15.0. The molecule has 0 radical (unpaired) electrons. The molecule has 2 aromatic rings. The van der Waals surface area contributed by atoms with Gasteiger partial charge in [-0.05, 0) is 31.0 Å². The molecular weight excluding hydrogens is 314 g/mol. The molecule has 1 aliphatic heterocycles. The van der Waals surface area contributed by atoms with Crippen LogP contribution >= 0.6 is 0 Å². The number of methoxy groups -OCH3 is 1. The summed E-state index contributed by atoms with van der Waals surface area (Å²) in [6.45, 7) is 1.58. The molecule has 1 aliphatic rings. The van der Waals surface area contributed by atoms with Gasteiger partial charge in [0.05, 0.1) is 13.5 Å². The molecule has 5 heteroatoms. The van der Waals surface area contributed by atoms with Crippen LogP contribution in [0.5, 0.6) is 5.75 Å². The molecule has 0 saturated carbocycles. The number of benzene rings is 1. The Morgan fingerprint density at radius 2 is 1.92 bits per heavy atom. The first kappa shape index (κ1) is 17.3. The molecule has 3 rings (SSSR count). The number of hydrogen-bond acceptors (Lipinski definition) is 4. The van der Waals surface area contributed by atoms with Crippen molar-refractivity contribution in [1.82, 2.24) is 9.88 Å². The monoisotopic (exact) mass is 339 g/mol. The van der Waals surface area contributed by atoms with Gasteiger partial charge in [0, 0.05) is 37.9 Å². The van der Waals surface area contributed by atoms with E-state index in [2.05, 4.69) is 16.9 Å². The summed E-state index contributed by atoms with van der Waals surface area (Å²) < 4.78 is 5.35. The topological polar surface area (TPSA) is 45.7 Å². The van der Waals surface area contributed by atoms with Gasteiger partial charge in [-0.15, -0.1) is 0 Å². The number of aromatic nitrogens is 1. The molecule has 0 atom stereocenters. The van der Waals surface area contributed by atoms with Crippen molar-refractivity contribution in [2.45, 2.75) is 25.3 Å². The number of rotatable bonds is 5. The van der Waals surface area contributed by atoms with Crippen molar-refractivity contribution in [3.8, 4) is 5.75 Å². The Morgan fingerprint density at radius 3 is 2.60 bits per heavy atom. The van der Waals surface area contributed by atoms with Crippen molar-refractivity contribution in [3.05, 3.63) is 54.2 Å². The quantitative estimate of drug-likeness (QED) is 0.840. The largest absolute Gasteiger partial charge is 0.496 e. The maximum absolute atomic E-state index is 12.6. The number of amides is 1. The SMILES string of the molecule is COc1ccccc1CC(=O)N1CCC(N(C)c2ccccn2)CC1.